The molecule has 166 valence electrons. The van der Waals surface area contributed by atoms with E-state index in [9.17, 15) is 9.18 Å². The standard InChI is InChI=1S/C20H19N5O3.C3H5F/c1-12(2)28-15-6-7-25-18(9-15)16(10-22-25)20(26)23-17-8-14(5-4-13(17)3)19-21-11-27-24-19;4-3-1-2-3/h4-12H,1-3H3,(H,23,26);3H,1-2H2. The second-order valence-electron chi connectivity index (χ2n) is 7.83. The first-order valence-corrected chi connectivity index (χ1v) is 10.4. The molecule has 0 saturated heterocycles. The van der Waals surface area contributed by atoms with Gasteiger partial charge < -0.3 is 14.6 Å². The third kappa shape index (κ3) is 5.11. The highest BCUT2D eigenvalue weighted by atomic mass is 19.1. The minimum absolute atomic E-state index is 0.0400. The predicted molar refractivity (Wildman–Crippen MR) is 118 cm³/mol. The van der Waals surface area contributed by atoms with Crippen LogP contribution >= 0.6 is 0 Å². The van der Waals surface area contributed by atoms with Gasteiger partial charge >= 0.3 is 0 Å². The summed E-state index contributed by atoms with van der Waals surface area (Å²) in [4.78, 5) is 17.0. The zero-order valence-corrected chi connectivity index (χ0v) is 18.1. The number of hydrogen-bond donors (Lipinski definition) is 1. The number of alkyl halides is 1. The van der Waals surface area contributed by atoms with Gasteiger partial charge in [-0.1, -0.05) is 17.3 Å². The van der Waals surface area contributed by atoms with E-state index in [1.54, 1.807) is 16.9 Å². The smallest absolute Gasteiger partial charge is 0.259 e. The normalized spacial score (nSPS) is 13.0. The fraction of sp³-hybridized carbons (Fsp3) is 0.304. The zero-order chi connectivity index (χ0) is 22.7. The molecule has 1 saturated carbocycles. The summed E-state index contributed by atoms with van der Waals surface area (Å²) in [5.41, 5.74) is 3.46. The molecule has 0 aliphatic heterocycles. The first-order chi connectivity index (χ1) is 15.4. The number of halogens is 1. The molecule has 1 fully saturated rings. The number of hydrogen-bond acceptors (Lipinski definition) is 6. The fourth-order valence-corrected chi connectivity index (χ4v) is 2.93. The fourth-order valence-electron chi connectivity index (χ4n) is 2.93. The van der Waals surface area contributed by atoms with Gasteiger partial charge in [-0.2, -0.15) is 10.1 Å². The summed E-state index contributed by atoms with van der Waals surface area (Å²) in [6.45, 7) is 5.82. The molecule has 3 heterocycles. The highest BCUT2D eigenvalue weighted by Crippen LogP contribution is 2.25. The molecule has 5 rings (SSSR count). The highest BCUT2D eigenvalue weighted by Gasteiger charge is 2.18. The van der Waals surface area contributed by atoms with Gasteiger partial charge in [-0.05, 0) is 51.3 Å². The summed E-state index contributed by atoms with van der Waals surface area (Å²) in [5, 5.41) is 11.0. The van der Waals surface area contributed by atoms with Crippen LogP contribution in [-0.4, -0.2) is 37.9 Å². The van der Waals surface area contributed by atoms with Crippen LogP contribution in [0.3, 0.4) is 0 Å². The third-order valence-corrected chi connectivity index (χ3v) is 4.72. The number of aromatic nitrogens is 4. The van der Waals surface area contributed by atoms with E-state index in [0.29, 0.717) is 28.3 Å². The summed E-state index contributed by atoms with van der Waals surface area (Å²) in [5.74, 6) is 0.888. The number of amides is 1. The quantitative estimate of drug-likeness (QED) is 0.480. The van der Waals surface area contributed by atoms with Crippen molar-refractivity contribution in [2.75, 3.05) is 5.32 Å². The van der Waals surface area contributed by atoms with E-state index in [2.05, 4.69) is 20.6 Å². The average molecular weight is 437 g/mol. The number of carbonyl (C=O) groups is 1. The molecule has 8 nitrogen and oxygen atoms in total. The monoisotopic (exact) mass is 437 g/mol. The largest absolute Gasteiger partial charge is 0.491 e. The van der Waals surface area contributed by atoms with Gasteiger partial charge in [0.1, 0.15) is 11.9 Å². The van der Waals surface area contributed by atoms with Gasteiger partial charge in [0.15, 0.2) is 0 Å². The Morgan fingerprint density at radius 3 is 2.72 bits per heavy atom. The first-order valence-electron chi connectivity index (χ1n) is 10.4. The summed E-state index contributed by atoms with van der Waals surface area (Å²) < 4.78 is 23.3. The predicted octanol–water partition coefficient (Wildman–Crippen LogP) is 4.85. The van der Waals surface area contributed by atoms with Crippen molar-refractivity contribution in [1.82, 2.24) is 19.8 Å². The molecule has 0 unspecified atom stereocenters. The van der Waals surface area contributed by atoms with Crippen LogP contribution < -0.4 is 10.1 Å². The number of benzene rings is 1. The van der Waals surface area contributed by atoms with E-state index in [4.69, 9.17) is 9.26 Å². The lowest BCUT2D eigenvalue weighted by molar-refractivity contribution is 0.102. The number of nitrogens with zero attached hydrogens (tertiary/aromatic N) is 4. The van der Waals surface area contributed by atoms with Gasteiger partial charge in [-0.25, -0.2) is 8.91 Å². The van der Waals surface area contributed by atoms with Crippen molar-refractivity contribution in [3.05, 3.63) is 60.2 Å². The Balaban J connectivity index is 0.000000552. The molecule has 32 heavy (non-hydrogen) atoms. The number of nitrogens with one attached hydrogen (secondary N) is 1. The first kappa shape index (κ1) is 21.5. The summed E-state index contributed by atoms with van der Waals surface area (Å²) in [6.07, 6.45) is 5.84. The van der Waals surface area contributed by atoms with Crippen molar-refractivity contribution in [3.8, 4) is 17.1 Å². The third-order valence-electron chi connectivity index (χ3n) is 4.72. The van der Waals surface area contributed by atoms with Gasteiger partial charge in [0.25, 0.3) is 5.91 Å². The number of rotatable bonds is 5. The van der Waals surface area contributed by atoms with Crippen molar-refractivity contribution in [2.45, 2.75) is 45.9 Å². The van der Waals surface area contributed by atoms with Crippen molar-refractivity contribution >= 4 is 17.1 Å². The zero-order valence-electron chi connectivity index (χ0n) is 18.1. The Morgan fingerprint density at radius 2 is 2.06 bits per heavy atom. The van der Waals surface area contributed by atoms with Gasteiger partial charge in [0, 0.05) is 23.5 Å². The Morgan fingerprint density at radius 1 is 1.28 bits per heavy atom. The lowest BCUT2D eigenvalue weighted by atomic mass is 10.1. The van der Waals surface area contributed by atoms with E-state index in [1.165, 1.54) is 6.39 Å². The van der Waals surface area contributed by atoms with Crippen molar-refractivity contribution in [2.24, 2.45) is 0 Å². The van der Waals surface area contributed by atoms with Crippen LogP contribution in [0.25, 0.3) is 16.9 Å². The van der Waals surface area contributed by atoms with Crippen molar-refractivity contribution in [1.29, 1.82) is 0 Å². The van der Waals surface area contributed by atoms with E-state index >= 15 is 0 Å². The molecule has 0 bridgehead atoms. The Kier molecular flexibility index (Phi) is 6.16. The Bertz CT molecular complexity index is 1220. The number of aryl methyl sites for hydroxylation is 1. The molecule has 3 aromatic heterocycles. The SMILES string of the molecule is Cc1ccc(-c2ncon2)cc1NC(=O)c1cnn2ccc(OC(C)C)cc12.FC1CC1. The minimum Gasteiger partial charge on any atom is -0.491 e. The van der Waals surface area contributed by atoms with E-state index in [1.807, 2.05) is 51.1 Å². The van der Waals surface area contributed by atoms with Crippen LogP contribution in [0.2, 0.25) is 0 Å². The molecule has 9 heteroatoms. The molecule has 0 spiro atoms. The van der Waals surface area contributed by atoms with Gasteiger partial charge in [0.2, 0.25) is 12.2 Å². The number of fused-ring (bicyclic) bond motifs is 1. The van der Waals surface area contributed by atoms with E-state index < -0.39 is 6.17 Å². The molecule has 1 aromatic carbocycles. The topological polar surface area (TPSA) is 94.6 Å². The molecule has 1 N–H and O–H groups in total. The summed E-state index contributed by atoms with van der Waals surface area (Å²) in [7, 11) is 0. The molecule has 0 radical (unpaired) electrons. The molecule has 1 aliphatic rings. The number of ether oxygens (including phenoxy) is 1. The Hall–Kier alpha value is -3.75. The lowest BCUT2D eigenvalue weighted by Gasteiger charge is -2.11. The molecule has 4 aromatic rings. The van der Waals surface area contributed by atoms with Crippen LogP contribution in [0.1, 0.15) is 42.6 Å². The average Bonchev–Trinajstić information content (AvgIpc) is 3.20. The highest BCUT2D eigenvalue weighted by molar-refractivity contribution is 6.09. The second kappa shape index (κ2) is 9.17. The molecular weight excluding hydrogens is 413 g/mol. The van der Waals surface area contributed by atoms with Crippen LogP contribution in [0.4, 0.5) is 10.1 Å². The summed E-state index contributed by atoms with van der Waals surface area (Å²) >= 11 is 0. The maximum Gasteiger partial charge on any atom is 0.259 e. The maximum atomic E-state index is 12.9. The maximum absolute atomic E-state index is 12.9. The Labute approximate surface area is 184 Å². The van der Waals surface area contributed by atoms with Crippen LogP contribution in [0, 0.1) is 6.92 Å². The number of anilines is 1. The molecular formula is C23H24FN5O3. The molecule has 0 atom stereocenters. The van der Waals surface area contributed by atoms with Crippen LogP contribution in [-0.2, 0) is 0 Å². The second-order valence-corrected chi connectivity index (χ2v) is 7.83. The summed E-state index contributed by atoms with van der Waals surface area (Å²) in [6, 6.07) is 9.22. The number of pyridine rings is 1. The lowest BCUT2D eigenvalue weighted by Crippen LogP contribution is -2.13. The molecule has 1 aliphatic carbocycles. The van der Waals surface area contributed by atoms with Crippen molar-refractivity contribution < 1.29 is 18.4 Å². The number of carbonyl (C=O) groups excluding carboxylic acids is 1. The van der Waals surface area contributed by atoms with Gasteiger partial charge in [0.05, 0.1) is 23.4 Å². The van der Waals surface area contributed by atoms with Gasteiger partial charge in [-0.3, -0.25) is 4.79 Å². The van der Waals surface area contributed by atoms with Gasteiger partial charge in [-0.15, -0.1) is 0 Å². The van der Waals surface area contributed by atoms with Crippen molar-refractivity contribution in [3.63, 3.8) is 0 Å². The van der Waals surface area contributed by atoms with E-state index in [-0.39, 0.29) is 12.0 Å². The van der Waals surface area contributed by atoms with Crippen LogP contribution in [0.5, 0.6) is 5.75 Å². The minimum atomic E-state index is -0.417. The molecule has 1 amide bonds. The van der Waals surface area contributed by atoms with Crippen LogP contribution in [0.15, 0.2) is 53.6 Å². The van der Waals surface area contributed by atoms with E-state index in [0.717, 1.165) is 24.0 Å².